The van der Waals surface area contributed by atoms with Crippen LogP contribution in [-0.4, -0.2) is 18.9 Å². The lowest BCUT2D eigenvalue weighted by atomic mass is 9.93. The molecular weight excluding hydrogens is 278 g/mol. The highest BCUT2D eigenvalue weighted by molar-refractivity contribution is 6.31. The highest BCUT2D eigenvalue weighted by atomic mass is 35.5. The molecule has 1 fully saturated rings. The van der Waals surface area contributed by atoms with E-state index in [0.717, 1.165) is 31.5 Å². The first-order valence-corrected chi connectivity index (χ1v) is 7.15. The number of carbonyl (C=O) groups excluding carboxylic acids is 1. The monoisotopic (exact) mass is 293 g/mol. The number of ketones is 1. The molecule has 1 atom stereocenters. The summed E-state index contributed by atoms with van der Waals surface area (Å²) in [6.45, 7) is 1.75. The van der Waals surface area contributed by atoms with Crippen molar-refractivity contribution < 1.29 is 14.3 Å². The number of nitrogens with one attached hydrogen (secondary N) is 1. The van der Waals surface area contributed by atoms with E-state index in [1.165, 1.54) is 6.26 Å². The van der Waals surface area contributed by atoms with Crippen LogP contribution < -0.4 is 5.32 Å². The molecule has 1 N–H and O–H groups in total. The van der Waals surface area contributed by atoms with Gasteiger partial charge in [0.15, 0.2) is 0 Å². The molecule has 0 radical (unpaired) electrons. The highest BCUT2D eigenvalue weighted by Crippen LogP contribution is 2.34. The van der Waals surface area contributed by atoms with E-state index in [2.05, 4.69) is 5.32 Å². The minimum atomic E-state index is -0.621. The Balaban J connectivity index is 1.67. The Morgan fingerprint density at radius 2 is 2.00 bits per heavy atom. The first-order chi connectivity index (χ1) is 9.75. The molecule has 0 aliphatic carbocycles. The standard InChI is InChI=1S/C15H16ClNO3/c16-12-4-2-1-3-11(12)15-19-9-13(20-15)14(18)10-5-7-17-8-6-10/h1-4,9-10,15,17H,5-8H2. The molecule has 0 aromatic heterocycles. The average Bonchev–Trinajstić information content (AvgIpc) is 2.97. The zero-order chi connectivity index (χ0) is 13.9. The molecule has 0 bridgehead atoms. The van der Waals surface area contributed by atoms with Gasteiger partial charge >= 0.3 is 0 Å². The minimum Gasteiger partial charge on any atom is -0.454 e. The Labute approximate surface area is 122 Å². The van der Waals surface area contributed by atoms with E-state index in [0.29, 0.717) is 10.8 Å². The van der Waals surface area contributed by atoms with Gasteiger partial charge in [-0.1, -0.05) is 29.8 Å². The predicted octanol–water partition coefficient (Wildman–Crippen LogP) is 2.80. The van der Waals surface area contributed by atoms with E-state index in [9.17, 15) is 4.79 Å². The highest BCUT2D eigenvalue weighted by Gasteiger charge is 2.32. The largest absolute Gasteiger partial charge is 0.454 e. The molecule has 2 heterocycles. The summed E-state index contributed by atoms with van der Waals surface area (Å²) in [4.78, 5) is 12.3. The molecule has 0 spiro atoms. The second-order valence-electron chi connectivity index (χ2n) is 4.98. The molecule has 1 saturated heterocycles. The van der Waals surface area contributed by atoms with Crippen molar-refractivity contribution in [2.24, 2.45) is 5.92 Å². The molecule has 2 aliphatic heterocycles. The fourth-order valence-corrected chi connectivity index (χ4v) is 2.72. The molecule has 4 nitrogen and oxygen atoms in total. The predicted molar refractivity (Wildman–Crippen MR) is 75.0 cm³/mol. The lowest BCUT2D eigenvalue weighted by Gasteiger charge is -2.21. The summed E-state index contributed by atoms with van der Waals surface area (Å²) in [5.74, 6) is 0.360. The topological polar surface area (TPSA) is 47.6 Å². The van der Waals surface area contributed by atoms with Crippen LogP contribution in [0.4, 0.5) is 0 Å². The number of piperidine rings is 1. The van der Waals surface area contributed by atoms with Crippen LogP contribution in [0.3, 0.4) is 0 Å². The van der Waals surface area contributed by atoms with Crippen molar-refractivity contribution in [3.05, 3.63) is 46.9 Å². The molecule has 1 aromatic carbocycles. The number of hydrogen-bond acceptors (Lipinski definition) is 4. The van der Waals surface area contributed by atoms with Gasteiger partial charge in [-0.15, -0.1) is 0 Å². The molecule has 2 aliphatic rings. The van der Waals surface area contributed by atoms with Gasteiger partial charge in [0.2, 0.25) is 11.5 Å². The van der Waals surface area contributed by atoms with Gasteiger partial charge < -0.3 is 14.8 Å². The molecule has 0 saturated carbocycles. The van der Waals surface area contributed by atoms with Gasteiger partial charge in [-0.25, -0.2) is 0 Å². The fraction of sp³-hybridized carbons (Fsp3) is 0.400. The summed E-state index contributed by atoms with van der Waals surface area (Å²) >= 11 is 6.10. The van der Waals surface area contributed by atoms with E-state index >= 15 is 0 Å². The lowest BCUT2D eigenvalue weighted by molar-refractivity contribution is -0.126. The zero-order valence-electron chi connectivity index (χ0n) is 11.0. The minimum absolute atomic E-state index is 0.0242. The average molecular weight is 294 g/mol. The van der Waals surface area contributed by atoms with E-state index in [1.54, 1.807) is 6.07 Å². The Kier molecular flexibility index (Phi) is 3.94. The second kappa shape index (κ2) is 5.85. The van der Waals surface area contributed by atoms with Crippen molar-refractivity contribution in [2.45, 2.75) is 19.1 Å². The van der Waals surface area contributed by atoms with Crippen molar-refractivity contribution >= 4 is 17.4 Å². The summed E-state index contributed by atoms with van der Waals surface area (Å²) in [5.41, 5.74) is 0.735. The third-order valence-electron chi connectivity index (χ3n) is 3.64. The number of Topliss-reactive ketones (excluding diaryl/α,β-unsaturated/α-hetero) is 1. The van der Waals surface area contributed by atoms with Gasteiger partial charge in [0.25, 0.3) is 6.29 Å². The van der Waals surface area contributed by atoms with Crippen LogP contribution in [0.2, 0.25) is 5.02 Å². The molecule has 1 unspecified atom stereocenters. The van der Waals surface area contributed by atoms with Crippen LogP contribution in [0.25, 0.3) is 0 Å². The van der Waals surface area contributed by atoms with Crippen LogP contribution in [0.5, 0.6) is 0 Å². The van der Waals surface area contributed by atoms with Crippen molar-refractivity contribution in [1.82, 2.24) is 5.32 Å². The van der Waals surface area contributed by atoms with Gasteiger partial charge in [-0.3, -0.25) is 4.79 Å². The molecule has 106 valence electrons. The molecule has 1 aromatic rings. The van der Waals surface area contributed by atoms with E-state index < -0.39 is 6.29 Å². The number of allylic oxidation sites excluding steroid dienone is 1. The molecule has 3 rings (SSSR count). The van der Waals surface area contributed by atoms with Gasteiger partial charge in [-0.2, -0.15) is 0 Å². The van der Waals surface area contributed by atoms with E-state index in [4.69, 9.17) is 21.1 Å². The number of ether oxygens (including phenoxy) is 2. The SMILES string of the molecule is O=C(C1=COC(c2ccccc2Cl)O1)C1CCNCC1. The zero-order valence-corrected chi connectivity index (χ0v) is 11.7. The maximum Gasteiger partial charge on any atom is 0.268 e. The first kappa shape index (κ1) is 13.5. The van der Waals surface area contributed by atoms with Crippen LogP contribution >= 0.6 is 11.6 Å². The van der Waals surface area contributed by atoms with Gasteiger partial charge in [0.05, 0.1) is 10.6 Å². The molecule has 20 heavy (non-hydrogen) atoms. The maximum absolute atomic E-state index is 12.3. The third-order valence-corrected chi connectivity index (χ3v) is 3.99. The van der Waals surface area contributed by atoms with E-state index in [1.807, 2.05) is 18.2 Å². The Bertz CT molecular complexity index is 538. The Hall–Kier alpha value is -1.52. The Morgan fingerprint density at radius 3 is 2.75 bits per heavy atom. The van der Waals surface area contributed by atoms with Crippen molar-refractivity contribution in [3.63, 3.8) is 0 Å². The lowest BCUT2D eigenvalue weighted by Crippen LogP contribution is -2.32. The second-order valence-corrected chi connectivity index (χ2v) is 5.39. The number of hydrogen-bond donors (Lipinski definition) is 1. The number of carbonyl (C=O) groups is 1. The summed E-state index contributed by atoms with van der Waals surface area (Å²) in [6.07, 6.45) is 2.48. The molecule has 0 amide bonds. The number of rotatable bonds is 3. The third kappa shape index (κ3) is 2.67. The van der Waals surface area contributed by atoms with Crippen molar-refractivity contribution in [3.8, 4) is 0 Å². The van der Waals surface area contributed by atoms with Crippen LogP contribution in [0, 0.1) is 5.92 Å². The van der Waals surface area contributed by atoms with Crippen molar-refractivity contribution in [2.75, 3.05) is 13.1 Å². The Morgan fingerprint density at radius 1 is 1.25 bits per heavy atom. The summed E-state index contributed by atoms with van der Waals surface area (Å²) in [5, 5.41) is 3.81. The molecule has 5 heteroatoms. The normalized spacial score (nSPS) is 22.9. The molecular formula is C15H16ClNO3. The summed E-state index contributed by atoms with van der Waals surface area (Å²) < 4.78 is 11.1. The van der Waals surface area contributed by atoms with Gasteiger partial charge in [-0.05, 0) is 32.0 Å². The summed E-state index contributed by atoms with van der Waals surface area (Å²) in [6, 6.07) is 7.31. The van der Waals surface area contributed by atoms with Crippen LogP contribution in [-0.2, 0) is 14.3 Å². The number of halogens is 1. The maximum atomic E-state index is 12.3. The summed E-state index contributed by atoms with van der Waals surface area (Å²) in [7, 11) is 0. The number of benzene rings is 1. The van der Waals surface area contributed by atoms with Gasteiger partial charge in [0, 0.05) is 5.92 Å². The quantitative estimate of drug-likeness (QED) is 0.931. The van der Waals surface area contributed by atoms with Crippen molar-refractivity contribution in [1.29, 1.82) is 0 Å². The van der Waals surface area contributed by atoms with E-state index in [-0.39, 0.29) is 11.7 Å². The first-order valence-electron chi connectivity index (χ1n) is 6.77. The fourth-order valence-electron chi connectivity index (χ4n) is 2.50. The van der Waals surface area contributed by atoms with Gasteiger partial charge in [0.1, 0.15) is 6.26 Å². The van der Waals surface area contributed by atoms with Crippen LogP contribution in [0.15, 0.2) is 36.3 Å². The van der Waals surface area contributed by atoms with Crippen LogP contribution in [0.1, 0.15) is 24.7 Å². The smallest absolute Gasteiger partial charge is 0.268 e.